The van der Waals surface area contributed by atoms with E-state index in [0.717, 1.165) is 18.2 Å². The predicted molar refractivity (Wildman–Crippen MR) is 150 cm³/mol. The highest BCUT2D eigenvalue weighted by atomic mass is 35.5. The Kier molecular flexibility index (Phi) is 8.40. The van der Waals surface area contributed by atoms with Crippen LogP contribution in [0.25, 0.3) is 22.0 Å². The number of carbonyl (C=O) groups excluding carboxylic acids is 1. The molecule has 0 aliphatic heterocycles. The van der Waals surface area contributed by atoms with Crippen molar-refractivity contribution in [3.63, 3.8) is 0 Å². The first-order chi connectivity index (χ1) is 18.9. The van der Waals surface area contributed by atoms with Gasteiger partial charge in [-0.05, 0) is 47.9 Å². The number of amides is 1. The zero-order valence-electron chi connectivity index (χ0n) is 22.1. The van der Waals surface area contributed by atoms with E-state index in [4.69, 9.17) is 16.3 Å². The van der Waals surface area contributed by atoms with Crippen LogP contribution in [0.15, 0.2) is 64.7 Å². The molecule has 2 heterocycles. The van der Waals surface area contributed by atoms with Gasteiger partial charge in [-0.25, -0.2) is 22.8 Å². The molecular formula is C27H27ClFN5O5S. The lowest BCUT2D eigenvalue weighted by Crippen LogP contribution is -2.33. The number of anilines is 1. The summed E-state index contributed by atoms with van der Waals surface area (Å²) in [6.07, 6.45) is 2.94. The third-order valence-corrected chi connectivity index (χ3v) is 8.48. The number of methoxy groups -OCH3 is 1. The smallest absolute Gasteiger partial charge is 0.263 e. The van der Waals surface area contributed by atoms with Crippen LogP contribution in [-0.2, 0) is 21.4 Å². The number of pyridine rings is 1. The molecule has 0 saturated carbocycles. The van der Waals surface area contributed by atoms with Crippen LogP contribution in [0.4, 0.5) is 10.1 Å². The van der Waals surface area contributed by atoms with Crippen LogP contribution >= 0.6 is 11.6 Å². The van der Waals surface area contributed by atoms with E-state index in [1.54, 1.807) is 32.2 Å². The van der Waals surface area contributed by atoms with Gasteiger partial charge >= 0.3 is 0 Å². The largest absolute Gasteiger partial charge is 0.480 e. The van der Waals surface area contributed by atoms with Gasteiger partial charge < -0.3 is 10.1 Å². The Morgan fingerprint density at radius 2 is 1.88 bits per heavy atom. The van der Waals surface area contributed by atoms with Crippen LogP contribution in [0.5, 0.6) is 5.88 Å². The lowest BCUT2D eigenvalue weighted by atomic mass is 9.95. The first kappa shape index (κ1) is 29.0. The maximum atomic E-state index is 13.5. The lowest BCUT2D eigenvalue weighted by Gasteiger charge is -2.19. The number of hydrogen-bond acceptors (Lipinski definition) is 7. The molecule has 4 rings (SSSR count). The molecule has 0 unspecified atom stereocenters. The van der Waals surface area contributed by atoms with Crippen molar-refractivity contribution in [3.05, 3.63) is 76.2 Å². The molecule has 0 radical (unpaired) electrons. The molecule has 0 spiro atoms. The number of rotatable bonds is 9. The van der Waals surface area contributed by atoms with Gasteiger partial charge in [0.05, 0.1) is 29.4 Å². The van der Waals surface area contributed by atoms with Gasteiger partial charge in [0.25, 0.3) is 15.6 Å². The minimum absolute atomic E-state index is 0.00501. The highest BCUT2D eigenvalue weighted by molar-refractivity contribution is 7.92. The molecule has 0 fully saturated rings. The van der Waals surface area contributed by atoms with Crippen molar-refractivity contribution in [2.75, 3.05) is 18.9 Å². The molecule has 4 aromatic rings. The van der Waals surface area contributed by atoms with Crippen molar-refractivity contribution >= 4 is 44.1 Å². The van der Waals surface area contributed by atoms with Crippen molar-refractivity contribution < 1.29 is 22.3 Å². The number of benzene rings is 2. The molecule has 0 saturated heterocycles. The zero-order valence-corrected chi connectivity index (χ0v) is 23.7. The number of nitrogens with zero attached hydrogens (tertiary/aromatic N) is 3. The molecule has 2 atom stereocenters. The molecule has 40 heavy (non-hydrogen) atoms. The van der Waals surface area contributed by atoms with Crippen LogP contribution < -0.4 is 20.3 Å². The quantitative estimate of drug-likeness (QED) is 0.301. The maximum Gasteiger partial charge on any atom is 0.263 e. The number of sulfonamides is 1. The van der Waals surface area contributed by atoms with Gasteiger partial charge in [0.1, 0.15) is 16.4 Å². The maximum absolute atomic E-state index is 13.5. The topological polar surface area (TPSA) is 132 Å². The highest BCUT2D eigenvalue weighted by Crippen LogP contribution is 2.32. The van der Waals surface area contributed by atoms with Crippen molar-refractivity contribution in [2.45, 2.75) is 25.3 Å². The summed E-state index contributed by atoms with van der Waals surface area (Å²) in [6, 6.07) is 9.51. The summed E-state index contributed by atoms with van der Waals surface area (Å²) in [5, 5.41) is 2.68. The standard InChI is InChI=1S/C27H27ClFN5O5S/c1-15(16(2)25(35)30-3)13-34-14-32-22-7-5-17(9-20(22)27(34)36)18-10-23(26(39-4)31-12-18)33-40(37,38)24-8-6-19(29)11-21(24)28/h5-12,14-16,33H,13H2,1-4H3,(H,30,35)/t15-,16+/m1/s1. The van der Waals surface area contributed by atoms with Crippen molar-refractivity contribution in [1.29, 1.82) is 0 Å². The normalized spacial score (nSPS) is 13.1. The van der Waals surface area contributed by atoms with Crippen LogP contribution in [0.1, 0.15) is 13.8 Å². The first-order valence-corrected chi connectivity index (χ1v) is 14.0. The second-order valence-corrected chi connectivity index (χ2v) is 11.3. The van der Waals surface area contributed by atoms with Crippen LogP contribution in [0, 0.1) is 17.7 Å². The average Bonchev–Trinajstić information content (AvgIpc) is 2.93. The molecular weight excluding hydrogens is 561 g/mol. The Hall–Kier alpha value is -4.03. The SMILES string of the molecule is CNC(=O)[C@@H](C)[C@H](C)Cn1cnc2ccc(-c3cnc(OC)c(NS(=O)(=O)c4ccc(F)cc4Cl)c3)cc2c1=O. The van der Waals surface area contributed by atoms with E-state index in [-0.39, 0.29) is 44.8 Å². The second-order valence-electron chi connectivity index (χ2n) is 9.28. The molecule has 210 valence electrons. The predicted octanol–water partition coefficient (Wildman–Crippen LogP) is 4.08. The summed E-state index contributed by atoms with van der Waals surface area (Å²) in [6.45, 7) is 3.98. The van der Waals surface area contributed by atoms with Crippen molar-refractivity contribution in [3.8, 4) is 17.0 Å². The third-order valence-electron chi connectivity index (χ3n) is 6.63. The summed E-state index contributed by atoms with van der Waals surface area (Å²) >= 11 is 5.97. The average molecular weight is 588 g/mol. The van der Waals surface area contributed by atoms with Crippen LogP contribution in [0.3, 0.4) is 0 Å². The number of ether oxygens (including phenoxy) is 1. The number of fused-ring (bicyclic) bond motifs is 1. The highest BCUT2D eigenvalue weighted by Gasteiger charge is 2.22. The first-order valence-electron chi connectivity index (χ1n) is 12.2. The fourth-order valence-electron chi connectivity index (χ4n) is 4.16. The minimum atomic E-state index is -4.23. The summed E-state index contributed by atoms with van der Waals surface area (Å²) < 4.78 is 48.6. The summed E-state index contributed by atoms with van der Waals surface area (Å²) in [4.78, 5) is 33.6. The Balaban J connectivity index is 1.71. The van der Waals surface area contributed by atoms with E-state index in [1.807, 2.05) is 6.92 Å². The van der Waals surface area contributed by atoms with E-state index in [1.165, 1.54) is 30.3 Å². The number of aromatic nitrogens is 3. The molecule has 2 aromatic heterocycles. The molecule has 2 N–H and O–H groups in total. The third kappa shape index (κ3) is 5.92. The Bertz CT molecular complexity index is 1760. The van der Waals surface area contributed by atoms with Gasteiger partial charge in [-0.2, -0.15) is 0 Å². The fraction of sp³-hybridized carbons (Fsp3) is 0.259. The molecule has 2 aromatic carbocycles. The molecule has 13 heteroatoms. The van der Waals surface area contributed by atoms with E-state index < -0.39 is 15.8 Å². The molecule has 0 aliphatic carbocycles. The monoisotopic (exact) mass is 587 g/mol. The zero-order chi connectivity index (χ0) is 29.2. The summed E-state index contributed by atoms with van der Waals surface area (Å²) in [5.74, 6) is -1.23. The van der Waals surface area contributed by atoms with E-state index in [0.29, 0.717) is 28.6 Å². The summed E-state index contributed by atoms with van der Waals surface area (Å²) in [5.41, 5.74) is 1.27. The molecule has 0 bridgehead atoms. The van der Waals surface area contributed by atoms with Gasteiger partial charge in [-0.1, -0.05) is 31.5 Å². The fourth-order valence-corrected chi connectivity index (χ4v) is 5.74. The molecule has 10 nitrogen and oxygen atoms in total. The van der Waals surface area contributed by atoms with Crippen molar-refractivity contribution in [1.82, 2.24) is 19.9 Å². The van der Waals surface area contributed by atoms with E-state index in [9.17, 15) is 22.4 Å². The Labute approximate surface area is 235 Å². The van der Waals surface area contributed by atoms with Crippen LogP contribution in [0.2, 0.25) is 5.02 Å². The number of nitrogens with one attached hydrogen (secondary N) is 2. The van der Waals surface area contributed by atoms with Gasteiger partial charge in [0.15, 0.2) is 0 Å². The number of carbonyl (C=O) groups is 1. The van der Waals surface area contributed by atoms with Gasteiger partial charge in [0.2, 0.25) is 11.8 Å². The van der Waals surface area contributed by atoms with Crippen LogP contribution in [-0.4, -0.2) is 43.0 Å². The molecule has 0 aliphatic rings. The van der Waals surface area contributed by atoms with E-state index in [2.05, 4.69) is 20.0 Å². The Morgan fingerprint density at radius 1 is 1.12 bits per heavy atom. The van der Waals surface area contributed by atoms with Gasteiger partial charge in [-0.3, -0.25) is 18.9 Å². The lowest BCUT2D eigenvalue weighted by molar-refractivity contribution is -0.125. The molecule has 1 amide bonds. The second kappa shape index (κ2) is 11.6. The van der Waals surface area contributed by atoms with Gasteiger partial charge in [-0.15, -0.1) is 0 Å². The summed E-state index contributed by atoms with van der Waals surface area (Å²) in [7, 11) is -1.32. The number of hydrogen-bond donors (Lipinski definition) is 2. The minimum Gasteiger partial charge on any atom is -0.480 e. The van der Waals surface area contributed by atoms with Gasteiger partial charge in [0, 0.05) is 31.3 Å². The van der Waals surface area contributed by atoms with E-state index >= 15 is 0 Å². The Morgan fingerprint density at radius 3 is 2.55 bits per heavy atom. The number of halogens is 2. The van der Waals surface area contributed by atoms with Crippen molar-refractivity contribution in [2.24, 2.45) is 11.8 Å².